The predicted molar refractivity (Wildman–Crippen MR) is 183 cm³/mol. The lowest BCUT2D eigenvalue weighted by Gasteiger charge is -2.35. The number of guanidine groups is 1. The SMILES string of the molecule is C[C@H](CC(=O)OC[C@H](c1ccc(Cl)c(-n2ncnc2C(F)F)c1)N1C(=O)[C@@](CC(C)(C)C)(c2ccc(-c3cnn(C4CC4)n3)cc2)N=C1N)C(F)(F)F. The molecule has 1 aliphatic heterocycles. The molecule has 2 N–H and O–H groups in total. The molecule has 2 aromatic carbocycles. The van der Waals surface area contributed by atoms with E-state index in [1.807, 2.05) is 20.8 Å². The maximum atomic E-state index is 14.9. The van der Waals surface area contributed by atoms with Crippen LogP contribution in [0.2, 0.25) is 5.02 Å². The van der Waals surface area contributed by atoms with Gasteiger partial charge in [-0.15, -0.1) is 0 Å². The Hall–Kier alpha value is -4.93. The van der Waals surface area contributed by atoms with Crippen LogP contribution in [0.15, 0.2) is 60.0 Å². The molecule has 12 nitrogen and oxygen atoms in total. The first-order valence-electron chi connectivity index (χ1n) is 16.8. The minimum atomic E-state index is -4.65. The Kier molecular flexibility index (Phi) is 10.1. The lowest BCUT2D eigenvalue weighted by Crippen LogP contribution is -2.47. The van der Waals surface area contributed by atoms with E-state index >= 15 is 0 Å². The summed E-state index contributed by atoms with van der Waals surface area (Å²) in [4.78, 5) is 38.8. The number of halogens is 6. The highest BCUT2D eigenvalue weighted by molar-refractivity contribution is 6.32. The van der Waals surface area contributed by atoms with Gasteiger partial charge < -0.3 is 10.5 Å². The lowest BCUT2D eigenvalue weighted by molar-refractivity contribution is -0.181. The first-order valence-corrected chi connectivity index (χ1v) is 17.2. The zero-order valence-electron chi connectivity index (χ0n) is 29.2. The summed E-state index contributed by atoms with van der Waals surface area (Å²) in [6, 6.07) is 10.3. The highest BCUT2D eigenvalue weighted by Gasteiger charge is 2.53. The summed E-state index contributed by atoms with van der Waals surface area (Å²) in [6.07, 6.45) is -3.87. The Labute approximate surface area is 306 Å². The number of alkyl halides is 5. The van der Waals surface area contributed by atoms with Gasteiger partial charge in [0.25, 0.3) is 12.3 Å². The van der Waals surface area contributed by atoms with E-state index in [1.54, 1.807) is 35.3 Å². The molecule has 53 heavy (non-hydrogen) atoms. The summed E-state index contributed by atoms with van der Waals surface area (Å²) in [5.74, 6) is -4.76. The summed E-state index contributed by atoms with van der Waals surface area (Å²) in [5.41, 5.74) is 6.53. The topological polar surface area (TPSA) is 146 Å². The van der Waals surface area contributed by atoms with Crippen molar-refractivity contribution in [1.82, 2.24) is 34.7 Å². The predicted octanol–water partition coefficient (Wildman–Crippen LogP) is 7.11. The van der Waals surface area contributed by atoms with E-state index in [4.69, 9.17) is 27.1 Å². The van der Waals surface area contributed by atoms with E-state index in [0.29, 0.717) is 11.3 Å². The molecule has 1 amide bonds. The van der Waals surface area contributed by atoms with Gasteiger partial charge in [-0.3, -0.25) is 14.5 Å². The number of rotatable bonds is 12. The highest BCUT2D eigenvalue weighted by Crippen LogP contribution is 2.45. The molecule has 2 aliphatic rings. The third-order valence-electron chi connectivity index (χ3n) is 9.05. The maximum absolute atomic E-state index is 14.9. The molecular formula is C35H37ClF5N9O3. The molecule has 3 atom stereocenters. The third kappa shape index (κ3) is 7.89. The summed E-state index contributed by atoms with van der Waals surface area (Å²) in [6.45, 7) is 5.95. The van der Waals surface area contributed by atoms with Gasteiger partial charge in [0.15, 0.2) is 17.3 Å². The third-order valence-corrected chi connectivity index (χ3v) is 9.37. The number of nitrogens with zero attached hydrogens (tertiary/aromatic N) is 8. The molecule has 6 rings (SSSR count). The number of hydrogen-bond donors (Lipinski definition) is 1. The van der Waals surface area contributed by atoms with Gasteiger partial charge in [0.05, 0.1) is 41.3 Å². The molecule has 1 fully saturated rings. The maximum Gasteiger partial charge on any atom is 0.392 e. The van der Waals surface area contributed by atoms with Gasteiger partial charge in [-0.05, 0) is 47.9 Å². The number of aromatic nitrogens is 6. The van der Waals surface area contributed by atoms with Crippen LogP contribution in [0, 0.1) is 11.3 Å². The summed E-state index contributed by atoms with van der Waals surface area (Å²) < 4.78 is 73.7. The van der Waals surface area contributed by atoms with Crippen molar-refractivity contribution in [3.63, 3.8) is 0 Å². The number of benzene rings is 2. The van der Waals surface area contributed by atoms with Crippen LogP contribution in [0.3, 0.4) is 0 Å². The van der Waals surface area contributed by atoms with Crippen molar-refractivity contribution in [2.45, 2.75) is 83.6 Å². The number of aliphatic imine (C=N–C) groups is 1. The van der Waals surface area contributed by atoms with Crippen LogP contribution in [0.25, 0.3) is 16.9 Å². The average Bonchev–Trinajstić information content (AvgIpc) is 3.49. The van der Waals surface area contributed by atoms with Gasteiger partial charge in [-0.1, -0.05) is 69.6 Å². The molecule has 2 aromatic heterocycles. The van der Waals surface area contributed by atoms with Crippen LogP contribution in [0.4, 0.5) is 22.0 Å². The van der Waals surface area contributed by atoms with Gasteiger partial charge in [-0.2, -0.15) is 33.3 Å². The van der Waals surface area contributed by atoms with E-state index < -0.39 is 66.2 Å². The molecule has 4 aromatic rings. The van der Waals surface area contributed by atoms with Gasteiger partial charge >= 0.3 is 12.1 Å². The van der Waals surface area contributed by atoms with E-state index in [2.05, 4.69) is 20.3 Å². The molecule has 18 heteroatoms. The average molecular weight is 762 g/mol. The van der Waals surface area contributed by atoms with E-state index in [-0.39, 0.29) is 34.7 Å². The summed E-state index contributed by atoms with van der Waals surface area (Å²) in [5, 5.41) is 12.8. The number of ether oxygens (including phenoxy) is 1. The number of hydrogen-bond acceptors (Lipinski definition) is 9. The smallest absolute Gasteiger partial charge is 0.392 e. The van der Waals surface area contributed by atoms with Crippen LogP contribution in [0.1, 0.15) is 88.8 Å². The lowest BCUT2D eigenvalue weighted by atomic mass is 9.75. The Morgan fingerprint density at radius 3 is 2.42 bits per heavy atom. The van der Waals surface area contributed by atoms with Crippen molar-refractivity contribution in [2.24, 2.45) is 22.1 Å². The Balaban J connectivity index is 1.39. The van der Waals surface area contributed by atoms with Crippen molar-refractivity contribution in [1.29, 1.82) is 0 Å². The van der Waals surface area contributed by atoms with E-state index in [1.165, 1.54) is 18.2 Å². The monoisotopic (exact) mass is 761 g/mol. The van der Waals surface area contributed by atoms with Crippen molar-refractivity contribution < 1.29 is 36.3 Å². The number of carbonyl (C=O) groups is 2. The van der Waals surface area contributed by atoms with Crippen molar-refractivity contribution in [3.8, 4) is 16.9 Å². The van der Waals surface area contributed by atoms with Crippen molar-refractivity contribution >= 4 is 29.4 Å². The van der Waals surface area contributed by atoms with Crippen LogP contribution in [-0.4, -0.2) is 65.3 Å². The Morgan fingerprint density at radius 2 is 1.79 bits per heavy atom. The van der Waals surface area contributed by atoms with Gasteiger partial charge in [0.2, 0.25) is 0 Å². The van der Waals surface area contributed by atoms with Crippen molar-refractivity contribution in [3.05, 3.63) is 77.0 Å². The number of carbonyl (C=O) groups excluding carboxylic acids is 2. The van der Waals surface area contributed by atoms with E-state index in [9.17, 15) is 31.5 Å². The standard InChI is InChI=1S/C35H37ClF5N9O3/c1-19(35(39,40)41)13-28(51)53-16-27(21-7-12-24(36)26(14-21)49-30(29(37)38)43-18-45-49)48-31(52)34(46-32(48)42,17-33(2,3)4)22-8-5-20(6-9-22)25-15-44-50(47-25)23-10-11-23/h5-9,12,14-15,18-19,23,27,29H,10-11,13,16-17H2,1-4H3,(H2,42,46)/t19-,27-,34-/m1/s1. The fraction of sp³-hybridized carbons (Fsp3) is 0.457. The minimum absolute atomic E-state index is 0.00961. The summed E-state index contributed by atoms with van der Waals surface area (Å²) in [7, 11) is 0. The molecule has 0 radical (unpaired) electrons. The van der Waals surface area contributed by atoms with Gasteiger partial charge in [0.1, 0.15) is 18.6 Å². The minimum Gasteiger partial charge on any atom is -0.463 e. The van der Waals surface area contributed by atoms with Crippen LogP contribution >= 0.6 is 11.6 Å². The number of nitrogens with two attached hydrogens (primary N) is 1. The molecular weight excluding hydrogens is 725 g/mol. The number of esters is 1. The van der Waals surface area contributed by atoms with Crippen LogP contribution in [-0.2, 0) is 19.9 Å². The van der Waals surface area contributed by atoms with Gasteiger partial charge in [0, 0.05) is 5.56 Å². The fourth-order valence-electron chi connectivity index (χ4n) is 6.28. The first-order chi connectivity index (χ1) is 24.9. The van der Waals surface area contributed by atoms with E-state index in [0.717, 1.165) is 41.2 Å². The molecule has 0 spiro atoms. The normalized spacial score (nSPS) is 19.1. The second-order valence-corrected chi connectivity index (χ2v) is 14.9. The Morgan fingerprint density at radius 1 is 1.09 bits per heavy atom. The molecule has 0 saturated heterocycles. The second kappa shape index (κ2) is 14.1. The first kappa shape index (κ1) is 37.8. The molecule has 3 heterocycles. The molecule has 1 saturated carbocycles. The van der Waals surface area contributed by atoms with Gasteiger partial charge in [-0.25, -0.2) is 23.4 Å². The largest absolute Gasteiger partial charge is 0.463 e. The zero-order valence-corrected chi connectivity index (χ0v) is 29.9. The molecule has 0 bridgehead atoms. The Bertz CT molecular complexity index is 2020. The van der Waals surface area contributed by atoms with Crippen molar-refractivity contribution in [2.75, 3.05) is 6.61 Å². The quantitative estimate of drug-likeness (QED) is 0.119. The highest BCUT2D eigenvalue weighted by atomic mass is 35.5. The fourth-order valence-corrected chi connectivity index (χ4v) is 6.48. The zero-order chi connectivity index (χ0) is 38.5. The summed E-state index contributed by atoms with van der Waals surface area (Å²) >= 11 is 6.42. The van der Waals surface area contributed by atoms with Crippen LogP contribution in [0.5, 0.6) is 0 Å². The molecule has 0 unspecified atom stereocenters. The second-order valence-electron chi connectivity index (χ2n) is 14.5. The van der Waals surface area contributed by atoms with Crippen LogP contribution < -0.4 is 5.73 Å². The number of amides is 1. The molecule has 282 valence electrons. The molecule has 1 aliphatic carbocycles.